The lowest BCUT2D eigenvalue weighted by atomic mass is 10.1. The molecule has 0 saturated heterocycles. The Morgan fingerprint density at radius 1 is 1.00 bits per heavy atom. The van der Waals surface area contributed by atoms with Crippen molar-refractivity contribution < 1.29 is 23.8 Å². The number of hydrogen-bond acceptors (Lipinski definition) is 5. The number of amides is 2. The van der Waals surface area contributed by atoms with Crippen molar-refractivity contribution in [3.8, 4) is 11.5 Å². The molecule has 0 heterocycles. The van der Waals surface area contributed by atoms with E-state index in [1.54, 1.807) is 37.3 Å². The molecule has 2 rings (SSSR count). The smallest absolute Gasteiger partial charge is 0.251 e. The largest absolute Gasteiger partial charge is 0.490 e. The summed E-state index contributed by atoms with van der Waals surface area (Å²) in [5.74, 6) is 0.544. The van der Waals surface area contributed by atoms with E-state index in [9.17, 15) is 9.59 Å². The lowest BCUT2D eigenvalue weighted by Crippen LogP contribution is -2.46. The summed E-state index contributed by atoms with van der Waals surface area (Å²) < 4.78 is 16.4. The maximum absolute atomic E-state index is 12.7. The van der Waals surface area contributed by atoms with Gasteiger partial charge >= 0.3 is 0 Å². The van der Waals surface area contributed by atoms with Crippen LogP contribution < -0.4 is 14.8 Å². The van der Waals surface area contributed by atoms with Gasteiger partial charge in [0.1, 0.15) is 0 Å². The van der Waals surface area contributed by atoms with E-state index in [0.717, 1.165) is 5.56 Å². The molecule has 0 aliphatic rings. The molecular weight excluding hydrogens is 396 g/mol. The number of methoxy groups -OCH3 is 1. The number of likely N-dealkylation sites (N-methyl/N-ethyl adjacent to an activating group) is 1. The third-order valence-electron chi connectivity index (χ3n) is 4.82. The fourth-order valence-corrected chi connectivity index (χ4v) is 3.16. The van der Waals surface area contributed by atoms with Gasteiger partial charge in [0.05, 0.1) is 32.4 Å². The average Bonchev–Trinajstić information content (AvgIpc) is 2.78. The van der Waals surface area contributed by atoms with Gasteiger partial charge in [0.25, 0.3) is 5.91 Å². The van der Waals surface area contributed by atoms with E-state index in [-0.39, 0.29) is 24.4 Å². The highest BCUT2D eigenvalue weighted by Gasteiger charge is 2.21. The van der Waals surface area contributed by atoms with Crippen LogP contribution in [0.5, 0.6) is 11.5 Å². The van der Waals surface area contributed by atoms with Gasteiger partial charge in [-0.25, -0.2) is 0 Å². The zero-order chi connectivity index (χ0) is 22.6. The second kappa shape index (κ2) is 12.6. The first kappa shape index (κ1) is 24.2. The Balaban J connectivity index is 1.99. The number of nitrogens with one attached hydrogen (secondary N) is 1. The van der Waals surface area contributed by atoms with Gasteiger partial charge in [-0.15, -0.1) is 0 Å². The molecule has 0 aliphatic heterocycles. The van der Waals surface area contributed by atoms with Crippen molar-refractivity contribution >= 4 is 11.8 Å². The molecule has 7 heteroatoms. The predicted octanol–water partition coefficient (Wildman–Crippen LogP) is 2.93. The molecule has 1 N–H and O–H groups in total. The molecule has 7 nitrogen and oxygen atoms in total. The van der Waals surface area contributed by atoms with E-state index in [4.69, 9.17) is 14.2 Å². The van der Waals surface area contributed by atoms with Crippen LogP contribution in [0.1, 0.15) is 29.8 Å². The van der Waals surface area contributed by atoms with Gasteiger partial charge in [0, 0.05) is 19.7 Å². The van der Waals surface area contributed by atoms with Crippen LogP contribution in [0.2, 0.25) is 0 Å². The van der Waals surface area contributed by atoms with Crippen LogP contribution in [0.25, 0.3) is 0 Å². The molecule has 0 aliphatic carbocycles. The molecule has 2 aromatic rings. The van der Waals surface area contributed by atoms with Crippen LogP contribution in [0.4, 0.5) is 0 Å². The summed E-state index contributed by atoms with van der Waals surface area (Å²) in [5, 5.41) is 2.69. The van der Waals surface area contributed by atoms with Crippen molar-refractivity contribution in [2.75, 3.05) is 40.5 Å². The Bertz CT molecular complexity index is 841. The Morgan fingerprint density at radius 2 is 1.68 bits per heavy atom. The van der Waals surface area contributed by atoms with E-state index in [1.165, 1.54) is 0 Å². The first-order valence-electron chi connectivity index (χ1n) is 10.5. The van der Waals surface area contributed by atoms with Crippen LogP contribution in [-0.2, 0) is 16.0 Å². The fourth-order valence-electron chi connectivity index (χ4n) is 3.16. The number of rotatable bonds is 12. The van der Waals surface area contributed by atoms with Gasteiger partial charge in [-0.05, 0) is 44.0 Å². The predicted molar refractivity (Wildman–Crippen MR) is 120 cm³/mol. The van der Waals surface area contributed by atoms with Gasteiger partial charge in [0.15, 0.2) is 11.5 Å². The summed E-state index contributed by atoms with van der Waals surface area (Å²) in [4.78, 5) is 26.9. The molecule has 1 unspecified atom stereocenters. The average molecular weight is 429 g/mol. The van der Waals surface area contributed by atoms with E-state index in [0.29, 0.717) is 43.3 Å². The second-order valence-corrected chi connectivity index (χ2v) is 7.01. The molecule has 31 heavy (non-hydrogen) atoms. The van der Waals surface area contributed by atoms with Crippen LogP contribution in [-0.4, -0.2) is 63.3 Å². The van der Waals surface area contributed by atoms with E-state index >= 15 is 0 Å². The van der Waals surface area contributed by atoms with Crippen molar-refractivity contribution in [1.82, 2.24) is 10.2 Å². The monoisotopic (exact) mass is 428 g/mol. The maximum atomic E-state index is 12.7. The second-order valence-electron chi connectivity index (χ2n) is 7.01. The number of ether oxygens (including phenoxy) is 3. The van der Waals surface area contributed by atoms with Crippen molar-refractivity contribution in [2.24, 2.45) is 0 Å². The summed E-state index contributed by atoms with van der Waals surface area (Å²) in [6.45, 7) is 4.99. The van der Waals surface area contributed by atoms with Crippen LogP contribution in [0.3, 0.4) is 0 Å². The van der Waals surface area contributed by atoms with Gasteiger partial charge in [-0.3, -0.25) is 9.59 Å². The summed E-state index contributed by atoms with van der Waals surface area (Å²) >= 11 is 0. The SMILES string of the molecule is CCOc1ccc(C(=O)NCC(=O)N(C)C(COC)Cc2ccccc2)cc1OCC. The summed E-state index contributed by atoms with van der Waals surface area (Å²) in [6.07, 6.45) is 0.668. The number of hydrogen-bond donors (Lipinski definition) is 1. The van der Waals surface area contributed by atoms with Crippen molar-refractivity contribution in [1.29, 1.82) is 0 Å². The lowest BCUT2D eigenvalue weighted by Gasteiger charge is -2.28. The zero-order valence-corrected chi connectivity index (χ0v) is 18.7. The van der Waals surface area contributed by atoms with Crippen molar-refractivity contribution in [2.45, 2.75) is 26.3 Å². The molecule has 1 atom stereocenters. The molecule has 0 saturated carbocycles. The van der Waals surface area contributed by atoms with Gasteiger partial charge in [0.2, 0.25) is 5.91 Å². The minimum Gasteiger partial charge on any atom is -0.490 e. The molecule has 2 amide bonds. The number of carbonyl (C=O) groups excluding carboxylic acids is 2. The molecule has 0 aromatic heterocycles. The minimum atomic E-state index is -0.350. The van der Waals surface area contributed by atoms with Crippen LogP contribution in [0, 0.1) is 0 Å². The number of benzene rings is 2. The van der Waals surface area contributed by atoms with Gasteiger partial charge in [-0.1, -0.05) is 30.3 Å². The Kier molecular flexibility index (Phi) is 9.84. The molecule has 0 spiro atoms. The third-order valence-corrected chi connectivity index (χ3v) is 4.82. The first-order chi connectivity index (χ1) is 15.0. The quantitative estimate of drug-likeness (QED) is 0.563. The molecule has 2 aromatic carbocycles. The summed E-state index contributed by atoms with van der Waals surface area (Å²) in [7, 11) is 3.34. The van der Waals surface area contributed by atoms with Crippen molar-refractivity contribution in [3.05, 3.63) is 59.7 Å². The lowest BCUT2D eigenvalue weighted by molar-refractivity contribution is -0.131. The summed E-state index contributed by atoms with van der Waals surface area (Å²) in [5.41, 5.74) is 1.52. The fraction of sp³-hybridized carbons (Fsp3) is 0.417. The highest BCUT2D eigenvalue weighted by molar-refractivity contribution is 5.97. The topological polar surface area (TPSA) is 77.1 Å². The minimum absolute atomic E-state index is 0.110. The number of nitrogens with zero attached hydrogens (tertiary/aromatic N) is 1. The zero-order valence-electron chi connectivity index (χ0n) is 18.7. The molecule has 0 bridgehead atoms. The normalized spacial score (nSPS) is 11.5. The molecule has 168 valence electrons. The highest BCUT2D eigenvalue weighted by Crippen LogP contribution is 2.28. The molecular formula is C24H32N2O5. The van der Waals surface area contributed by atoms with E-state index < -0.39 is 0 Å². The standard InChI is InChI=1S/C24H32N2O5/c1-5-30-21-13-12-19(15-22(21)31-6-2)24(28)25-16-23(27)26(3)20(17-29-4)14-18-10-8-7-9-11-18/h7-13,15,20H,5-6,14,16-17H2,1-4H3,(H,25,28). The van der Waals surface area contributed by atoms with E-state index in [2.05, 4.69) is 5.32 Å². The highest BCUT2D eigenvalue weighted by atomic mass is 16.5. The Morgan fingerprint density at radius 3 is 2.32 bits per heavy atom. The van der Waals surface area contributed by atoms with Crippen molar-refractivity contribution in [3.63, 3.8) is 0 Å². The Labute approximate surface area is 184 Å². The molecule has 0 radical (unpaired) electrons. The molecule has 0 fully saturated rings. The van der Waals surface area contributed by atoms with Crippen LogP contribution in [0.15, 0.2) is 48.5 Å². The maximum Gasteiger partial charge on any atom is 0.251 e. The third kappa shape index (κ3) is 7.29. The van der Waals surface area contributed by atoms with Gasteiger partial charge < -0.3 is 24.4 Å². The summed E-state index contributed by atoms with van der Waals surface area (Å²) in [6, 6.07) is 14.8. The Hall–Kier alpha value is -3.06. The van der Waals surface area contributed by atoms with Crippen LogP contribution >= 0.6 is 0 Å². The van der Waals surface area contributed by atoms with E-state index in [1.807, 2.05) is 44.2 Å². The van der Waals surface area contributed by atoms with Gasteiger partial charge in [-0.2, -0.15) is 0 Å². The first-order valence-corrected chi connectivity index (χ1v) is 10.5. The number of carbonyl (C=O) groups is 2.